The quantitative estimate of drug-likeness (QED) is 0.741. The lowest BCUT2D eigenvalue weighted by Gasteiger charge is -2.08. The minimum atomic E-state index is -0.179. The first-order valence-electron chi connectivity index (χ1n) is 6.88. The Hall–Kier alpha value is -2.33. The van der Waals surface area contributed by atoms with Crippen LogP contribution in [-0.4, -0.2) is 12.5 Å². The van der Waals surface area contributed by atoms with Crippen molar-refractivity contribution in [1.29, 1.82) is 0 Å². The molecule has 0 aromatic heterocycles. The Labute approximate surface area is 137 Å². The molecule has 0 radical (unpaired) electrons. The van der Waals surface area contributed by atoms with Crippen LogP contribution in [0.5, 0.6) is 5.75 Å². The first-order valence-corrected chi connectivity index (χ1v) is 7.67. The SMILES string of the molecule is O=C(COc1ccc2cc(Br)ccc2c1)Nc1ccccc1. The molecule has 0 saturated carbocycles. The summed E-state index contributed by atoms with van der Waals surface area (Å²) in [5, 5.41) is 4.98. The molecule has 3 rings (SSSR count). The Bertz CT molecular complexity index is 803. The van der Waals surface area contributed by atoms with Crippen LogP contribution in [0.3, 0.4) is 0 Å². The van der Waals surface area contributed by atoms with Crippen LogP contribution < -0.4 is 10.1 Å². The number of fused-ring (bicyclic) bond motifs is 1. The smallest absolute Gasteiger partial charge is 0.262 e. The number of carbonyl (C=O) groups excluding carboxylic acids is 1. The minimum Gasteiger partial charge on any atom is -0.484 e. The summed E-state index contributed by atoms with van der Waals surface area (Å²) in [6, 6.07) is 21.1. The van der Waals surface area contributed by atoms with Crippen molar-refractivity contribution in [3.8, 4) is 5.75 Å². The van der Waals surface area contributed by atoms with Crippen molar-refractivity contribution in [3.05, 3.63) is 71.2 Å². The van der Waals surface area contributed by atoms with Gasteiger partial charge in [-0.15, -0.1) is 0 Å². The van der Waals surface area contributed by atoms with Gasteiger partial charge in [0.05, 0.1) is 0 Å². The predicted octanol–water partition coefficient (Wildman–Crippen LogP) is 4.62. The zero-order valence-corrected chi connectivity index (χ0v) is 13.3. The Morgan fingerprint density at radius 3 is 2.50 bits per heavy atom. The molecule has 0 unspecified atom stereocenters. The second kappa shape index (κ2) is 6.62. The van der Waals surface area contributed by atoms with E-state index in [0.717, 1.165) is 20.9 Å². The third-order valence-corrected chi connectivity index (χ3v) is 3.69. The monoisotopic (exact) mass is 355 g/mol. The molecule has 0 heterocycles. The van der Waals surface area contributed by atoms with Crippen molar-refractivity contribution < 1.29 is 9.53 Å². The minimum absolute atomic E-state index is 0.0169. The van der Waals surface area contributed by atoms with Gasteiger partial charge in [-0.25, -0.2) is 0 Å². The lowest BCUT2D eigenvalue weighted by Crippen LogP contribution is -2.20. The summed E-state index contributed by atoms with van der Waals surface area (Å²) in [5.41, 5.74) is 0.763. The van der Waals surface area contributed by atoms with E-state index in [-0.39, 0.29) is 12.5 Å². The van der Waals surface area contributed by atoms with E-state index in [2.05, 4.69) is 21.2 Å². The molecule has 3 nitrogen and oxygen atoms in total. The fourth-order valence-corrected chi connectivity index (χ4v) is 2.53. The number of nitrogens with one attached hydrogen (secondary N) is 1. The summed E-state index contributed by atoms with van der Waals surface area (Å²) in [6.45, 7) is -0.0169. The van der Waals surface area contributed by atoms with E-state index in [4.69, 9.17) is 4.74 Å². The van der Waals surface area contributed by atoms with E-state index in [0.29, 0.717) is 5.75 Å². The molecule has 1 amide bonds. The number of benzene rings is 3. The van der Waals surface area contributed by atoms with E-state index in [9.17, 15) is 4.79 Å². The third-order valence-electron chi connectivity index (χ3n) is 3.20. The molecule has 3 aromatic rings. The van der Waals surface area contributed by atoms with Crippen molar-refractivity contribution in [2.45, 2.75) is 0 Å². The lowest BCUT2D eigenvalue weighted by atomic mass is 10.1. The molecule has 1 N–H and O–H groups in total. The average molecular weight is 356 g/mol. The van der Waals surface area contributed by atoms with Crippen LogP contribution in [0.1, 0.15) is 0 Å². The van der Waals surface area contributed by atoms with Gasteiger partial charge in [0.25, 0.3) is 5.91 Å². The molecule has 110 valence electrons. The van der Waals surface area contributed by atoms with Gasteiger partial charge in [-0.3, -0.25) is 4.79 Å². The highest BCUT2D eigenvalue weighted by atomic mass is 79.9. The summed E-state index contributed by atoms with van der Waals surface area (Å²) < 4.78 is 6.59. The van der Waals surface area contributed by atoms with Crippen molar-refractivity contribution in [1.82, 2.24) is 0 Å². The maximum absolute atomic E-state index is 11.9. The number of hydrogen-bond acceptors (Lipinski definition) is 2. The molecule has 0 spiro atoms. The fraction of sp³-hybridized carbons (Fsp3) is 0.0556. The predicted molar refractivity (Wildman–Crippen MR) is 92.2 cm³/mol. The van der Waals surface area contributed by atoms with Crippen LogP contribution in [0.15, 0.2) is 71.2 Å². The second-order valence-electron chi connectivity index (χ2n) is 4.86. The number of amides is 1. The van der Waals surface area contributed by atoms with E-state index in [1.165, 1.54) is 0 Å². The summed E-state index contributed by atoms with van der Waals surface area (Å²) >= 11 is 3.45. The summed E-state index contributed by atoms with van der Waals surface area (Å²) in [4.78, 5) is 11.9. The molecule has 0 aliphatic carbocycles. The highest BCUT2D eigenvalue weighted by Crippen LogP contribution is 2.24. The van der Waals surface area contributed by atoms with Gasteiger partial charge in [0.2, 0.25) is 0 Å². The number of carbonyl (C=O) groups is 1. The first-order chi connectivity index (χ1) is 10.7. The Kier molecular flexibility index (Phi) is 4.39. The highest BCUT2D eigenvalue weighted by molar-refractivity contribution is 9.10. The second-order valence-corrected chi connectivity index (χ2v) is 5.77. The van der Waals surface area contributed by atoms with Crippen LogP contribution in [0, 0.1) is 0 Å². The molecule has 0 bridgehead atoms. The summed E-state index contributed by atoms with van der Waals surface area (Å²) in [6.07, 6.45) is 0. The maximum Gasteiger partial charge on any atom is 0.262 e. The molecule has 0 aliphatic heterocycles. The Balaban J connectivity index is 1.63. The molecule has 22 heavy (non-hydrogen) atoms. The van der Waals surface area contributed by atoms with Crippen LogP contribution in [0.4, 0.5) is 5.69 Å². The van der Waals surface area contributed by atoms with E-state index >= 15 is 0 Å². The Morgan fingerprint density at radius 2 is 1.68 bits per heavy atom. The van der Waals surface area contributed by atoms with Gasteiger partial charge < -0.3 is 10.1 Å². The van der Waals surface area contributed by atoms with Crippen LogP contribution >= 0.6 is 15.9 Å². The number of ether oxygens (including phenoxy) is 1. The maximum atomic E-state index is 11.9. The average Bonchev–Trinajstić information content (AvgIpc) is 2.54. The third kappa shape index (κ3) is 3.65. The number of rotatable bonds is 4. The van der Waals surface area contributed by atoms with Crippen molar-refractivity contribution in [2.75, 3.05) is 11.9 Å². The van der Waals surface area contributed by atoms with Gasteiger partial charge >= 0.3 is 0 Å². The van der Waals surface area contributed by atoms with Gasteiger partial charge in [-0.2, -0.15) is 0 Å². The lowest BCUT2D eigenvalue weighted by molar-refractivity contribution is -0.118. The molecule has 0 saturated heterocycles. The molecule has 3 aromatic carbocycles. The van der Waals surface area contributed by atoms with E-state index < -0.39 is 0 Å². The van der Waals surface area contributed by atoms with E-state index in [1.807, 2.05) is 66.7 Å². The number of anilines is 1. The highest BCUT2D eigenvalue weighted by Gasteiger charge is 2.04. The van der Waals surface area contributed by atoms with Gasteiger partial charge in [0.1, 0.15) is 5.75 Å². The van der Waals surface area contributed by atoms with Crippen LogP contribution in [0.25, 0.3) is 10.8 Å². The van der Waals surface area contributed by atoms with Gasteiger partial charge in [0.15, 0.2) is 6.61 Å². The summed E-state index contributed by atoms with van der Waals surface area (Å²) in [5.74, 6) is 0.500. The van der Waals surface area contributed by atoms with Crippen molar-refractivity contribution in [2.24, 2.45) is 0 Å². The van der Waals surface area contributed by atoms with Crippen molar-refractivity contribution in [3.63, 3.8) is 0 Å². The fourth-order valence-electron chi connectivity index (χ4n) is 2.15. The van der Waals surface area contributed by atoms with Gasteiger partial charge in [0, 0.05) is 10.2 Å². The van der Waals surface area contributed by atoms with Crippen LogP contribution in [0.2, 0.25) is 0 Å². The standard InChI is InChI=1S/C18H14BrNO2/c19-15-8-6-14-11-17(9-7-13(14)10-15)22-12-18(21)20-16-4-2-1-3-5-16/h1-11H,12H2,(H,20,21). The van der Waals surface area contributed by atoms with Gasteiger partial charge in [-0.1, -0.05) is 46.3 Å². The van der Waals surface area contributed by atoms with E-state index in [1.54, 1.807) is 0 Å². The normalized spacial score (nSPS) is 10.4. The molecular formula is C18H14BrNO2. The first kappa shape index (κ1) is 14.6. The molecule has 0 aliphatic rings. The van der Waals surface area contributed by atoms with Gasteiger partial charge in [-0.05, 0) is 47.2 Å². The Morgan fingerprint density at radius 1 is 0.955 bits per heavy atom. The number of hydrogen-bond donors (Lipinski definition) is 1. The number of halogens is 1. The van der Waals surface area contributed by atoms with Crippen molar-refractivity contribution >= 4 is 38.3 Å². The molecule has 0 fully saturated rings. The molecule has 0 atom stereocenters. The number of para-hydroxylation sites is 1. The summed E-state index contributed by atoms with van der Waals surface area (Å²) in [7, 11) is 0. The largest absolute Gasteiger partial charge is 0.484 e. The molecular weight excluding hydrogens is 342 g/mol. The zero-order chi connectivity index (χ0) is 15.4. The van der Waals surface area contributed by atoms with Crippen LogP contribution in [-0.2, 0) is 4.79 Å². The topological polar surface area (TPSA) is 38.3 Å². The zero-order valence-electron chi connectivity index (χ0n) is 11.8. The molecule has 4 heteroatoms.